The second kappa shape index (κ2) is 9.22. The molecule has 1 N–H and O–H groups in total. The van der Waals surface area contributed by atoms with Crippen LogP contribution < -0.4 is 4.74 Å². The predicted octanol–water partition coefficient (Wildman–Crippen LogP) is 3.42. The van der Waals surface area contributed by atoms with Crippen LogP contribution >= 0.6 is 0 Å². The average Bonchev–Trinajstić information content (AvgIpc) is 2.32. The van der Waals surface area contributed by atoms with Crippen LogP contribution in [0.4, 0.5) is 0 Å². The molecule has 1 rings (SSSR count). The van der Waals surface area contributed by atoms with Gasteiger partial charge in [-0.1, -0.05) is 39.3 Å². The zero-order valence-electron chi connectivity index (χ0n) is 10.9. The monoisotopic (exact) mass is 224 g/mol. The Morgan fingerprint density at radius 1 is 1.31 bits per heavy atom. The third kappa shape index (κ3) is 5.76. The molecule has 0 aliphatic carbocycles. The summed E-state index contributed by atoms with van der Waals surface area (Å²) in [6.07, 6.45) is 2.36. The minimum atomic E-state index is -0.230. The molecule has 2 heteroatoms. The first-order chi connectivity index (χ1) is 7.76. The van der Waals surface area contributed by atoms with Crippen LogP contribution in [0.2, 0.25) is 0 Å². The molecule has 0 amide bonds. The quantitative estimate of drug-likeness (QED) is 0.830. The van der Waals surface area contributed by atoms with Gasteiger partial charge in [-0.25, -0.2) is 0 Å². The van der Waals surface area contributed by atoms with Crippen molar-refractivity contribution in [2.75, 3.05) is 7.11 Å². The van der Waals surface area contributed by atoms with E-state index in [9.17, 15) is 5.11 Å². The lowest BCUT2D eigenvalue weighted by molar-refractivity contribution is 0.164. The molecule has 0 saturated carbocycles. The Balaban J connectivity index is 0.00000106. The fraction of sp³-hybridized carbons (Fsp3) is 0.571. The third-order valence-corrected chi connectivity index (χ3v) is 2.23. The number of rotatable bonds is 5. The Morgan fingerprint density at radius 3 is 2.56 bits per heavy atom. The lowest BCUT2D eigenvalue weighted by atomic mass is 10.0. The molecule has 1 aromatic rings. The molecular formula is C14H24O2. The van der Waals surface area contributed by atoms with Gasteiger partial charge in [0.2, 0.25) is 0 Å². The van der Waals surface area contributed by atoms with E-state index in [0.717, 1.165) is 24.2 Å². The van der Waals surface area contributed by atoms with Gasteiger partial charge in [-0.15, -0.1) is 0 Å². The minimum Gasteiger partial charge on any atom is -0.497 e. The van der Waals surface area contributed by atoms with Crippen molar-refractivity contribution in [3.63, 3.8) is 0 Å². The van der Waals surface area contributed by atoms with E-state index in [2.05, 4.69) is 6.92 Å². The Hall–Kier alpha value is -1.02. The maximum absolute atomic E-state index is 9.63. The van der Waals surface area contributed by atoms with Gasteiger partial charge >= 0.3 is 0 Å². The molecular weight excluding hydrogens is 200 g/mol. The largest absolute Gasteiger partial charge is 0.497 e. The normalized spacial score (nSPS) is 11.3. The van der Waals surface area contributed by atoms with Crippen molar-refractivity contribution in [3.05, 3.63) is 29.8 Å². The van der Waals surface area contributed by atoms with E-state index in [4.69, 9.17) is 4.74 Å². The second-order valence-corrected chi connectivity index (χ2v) is 3.50. The number of aliphatic hydroxyl groups is 1. The van der Waals surface area contributed by atoms with Gasteiger partial charge in [-0.3, -0.25) is 0 Å². The van der Waals surface area contributed by atoms with Gasteiger partial charge in [0.05, 0.1) is 13.2 Å². The summed E-state index contributed by atoms with van der Waals surface area (Å²) in [7, 11) is 1.65. The SMILES string of the molecule is CC.CCCC(O)Cc1cccc(OC)c1. The van der Waals surface area contributed by atoms with Crippen LogP contribution in [0.5, 0.6) is 5.75 Å². The first kappa shape index (κ1) is 15.0. The van der Waals surface area contributed by atoms with Crippen molar-refractivity contribution < 1.29 is 9.84 Å². The molecule has 2 nitrogen and oxygen atoms in total. The van der Waals surface area contributed by atoms with Crippen molar-refractivity contribution in [3.8, 4) is 5.75 Å². The van der Waals surface area contributed by atoms with Crippen LogP contribution in [0.1, 0.15) is 39.2 Å². The highest BCUT2D eigenvalue weighted by Gasteiger charge is 2.04. The number of hydrogen-bond donors (Lipinski definition) is 1. The predicted molar refractivity (Wildman–Crippen MR) is 69.0 cm³/mol. The molecule has 1 atom stereocenters. The Bertz CT molecular complexity index is 271. The van der Waals surface area contributed by atoms with Crippen LogP contribution in [0, 0.1) is 0 Å². The van der Waals surface area contributed by atoms with E-state index in [-0.39, 0.29) is 6.10 Å². The van der Waals surface area contributed by atoms with Gasteiger partial charge in [0.15, 0.2) is 0 Å². The molecule has 0 spiro atoms. The molecule has 0 bridgehead atoms. The molecule has 0 aliphatic heterocycles. The lowest BCUT2D eigenvalue weighted by Crippen LogP contribution is -2.09. The Kier molecular flexibility index (Phi) is 8.64. The maximum atomic E-state index is 9.63. The van der Waals surface area contributed by atoms with Crippen molar-refractivity contribution in [1.82, 2.24) is 0 Å². The summed E-state index contributed by atoms with van der Waals surface area (Å²) in [4.78, 5) is 0. The summed E-state index contributed by atoms with van der Waals surface area (Å²) in [5, 5.41) is 9.63. The van der Waals surface area contributed by atoms with Crippen LogP contribution in [-0.4, -0.2) is 18.3 Å². The summed E-state index contributed by atoms with van der Waals surface area (Å²) in [6.45, 7) is 6.08. The molecule has 1 unspecified atom stereocenters. The molecule has 0 heterocycles. The molecule has 92 valence electrons. The molecule has 0 saturated heterocycles. The second-order valence-electron chi connectivity index (χ2n) is 3.50. The summed E-state index contributed by atoms with van der Waals surface area (Å²) in [5.41, 5.74) is 1.13. The van der Waals surface area contributed by atoms with E-state index < -0.39 is 0 Å². The molecule has 16 heavy (non-hydrogen) atoms. The van der Waals surface area contributed by atoms with Gasteiger partial charge < -0.3 is 9.84 Å². The van der Waals surface area contributed by atoms with Crippen LogP contribution in [0.3, 0.4) is 0 Å². The van der Waals surface area contributed by atoms with Crippen molar-refractivity contribution in [1.29, 1.82) is 0 Å². The zero-order chi connectivity index (χ0) is 12.4. The Labute approximate surface area is 99.3 Å². The van der Waals surface area contributed by atoms with E-state index in [0.29, 0.717) is 6.42 Å². The van der Waals surface area contributed by atoms with E-state index in [1.54, 1.807) is 7.11 Å². The molecule has 0 fully saturated rings. The van der Waals surface area contributed by atoms with Crippen molar-refractivity contribution in [2.45, 2.75) is 46.1 Å². The van der Waals surface area contributed by atoms with Gasteiger partial charge in [-0.05, 0) is 30.5 Å². The number of aliphatic hydroxyl groups excluding tert-OH is 1. The molecule has 1 aromatic carbocycles. The maximum Gasteiger partial charge on any atom is 0.119 e. The van der Waals surface area contributed by atoms with E-state index >= 15 is 0 Å². The highest BCUT2D eigenvalue weighted by molar-refractivity contribution is 5.28. The first-order valence-corrected chi connectivity index (χ1v) is 6.07. The summed E-state index contributed by atoms with van der Waals surface area (Å²) in [5.74, 6) is 0.853. The smallest absolute Gasteiger partial charge is 0.119 e. The van der Waals surface area contributed by atoms with Gasteiger partial charge in [0.1, 0.15) is 5.75 Å². The van der Waals surface area contributed by atoms with Crippen molar-refractivity contribution in [2.24, 2.45) is 0 Å². The minimum absolute atomic E-state index is 0.230. The summed E-state index contributed by atoms with van der Waals surface area (Å²) >= 11 is 0. The Morgan fingerprint density at radius 2 is 2.00 bits per heavy atom. The number of hydrogen-bond acceptors (Lipinski definition) is 2. The molecule has 0 aliphatic rings. The van der Waals surface area contributed by atoms with E-state index in [1.165, 1.54) is 0 Å². The topological polar surface area (TPSA) is 29.5 Å². The highest BCUT2D eigenvalue weighted by atomic mass is 16.5. The summed E-state index contributed by atoms with van der Waals surface area (Å²) in [6, 6.07) is 7.85. The fourth-order valence-corrected chi connectivity index (χ4v) is 1.51. The molecule has 0 radical (unpaired) electrons. The van der Waals surface area contributed by atoms with Gasteiger partial charge in [-0.2, -0.15) is 0 Å². The van der Waals surface area contributed by atoms with Crippen LogP contribution in [-0.2, 0) is 6.42 Å². The number of ether oxygens (including phenoxy) is 1. The molecule has 0 aromatic heterocycles. The van der Waals surface area contributed by atoms with Gasteiger partial charge in [0, 0.05) is 0 Å². The standard InChI is InChI=1S/C12H18O2.C2H6/c1-3-5-11(13)8-10-6-4-7-12(9-10)14-2;1-2/h4,6-7,9,11,13H,3,5,8H2,1-2H3;1-2H3. The number of benzene rings is 1. The zero-order valence-corrected chi connectivity index (χ0v) is 10.9. The third-order valence-electron chi connectivity index (χ3n) is 2.23. The first-order valence-electron chi connectivity index (χ1n) is 6.07. The van der Waals surface area contributed by atoms with E-state index in [1.807, 2.05) is 38.1 Å². The summed E-state index contributed by atoms with van der Waals surface area (Å²) < 4.78 is 5.11. The van der Waals surface area contributed by atoms with Gasteiger partial charge in [0.25, 0.3) is 0 Å². The fourth-order valence-electron chi connectivity index (χ4n) is 1.51. The average molecular weight is 224 g/mol. The van der Waals surface area contributed by atoms with Crippen LogP contribution in [0.15, 0.2) is 24.3 Å². The lowest BCUT2D eigenvalue weighted by Gasteiger charge is -2.09. The number of methoxy groups -OCH3 is 1. The van der Waals surface area contributed by atoms with Crippen LogP contribution in [0.25, 0.3) is 0 Å². The highest BCUT2D eigenvalue weighted by Crippen LogP contribution is 2.15. The van der Waals surface area contributed by atoms with Crippen molar-refractivity contribution >= 4 is 0 Å².